The summed E-state index contributed by atoms with van der Waals surface area (Å²) in [5.41, 5.74) is 4.16. The fraction of sp³-hybridized carbons (Fsp3) is 0.250. The van der Waals surface area contributed by atoms with Crippen molar-refractivity contribution < 1.29 is 14.7 Å². The SMILES string of the molecule is COc1ccc2[nH]c(C)c(CCNC(=O)c3ccc(C)c(N([O-])O)c3)c2c1. The summed E-state index contributed by atoms with van der Waals surface area (Å²) in [6.07, 6.45) is 0.650. The van der Waals surface area contributed by atoms with E-state index in [0.717, 1.165) is 27.9 Å². The third-order valence-corrected chi connectivity index (χ3v) is 4.66. The number of ether oxygens (including phenoxy) is 1. The molecule has 3 N–H and O–H groups in total. The fourth-order valence-corrected chi connectivity index (χ4v) is 3.17. The molecule has 0 fully saturated rings. The highest BCUT2D eigenvalue weighted by Gasteiger charge is 2.12. The lowest BCUT2D eigenvalue weighted by Crippen LogP contribution is -2.26. The first-order valence-corrected chi connectivity index (χ1v) is 8.61. The Kier molecular flexibility index (Phi) is 5.34. The third-order valence-electron chi connectivity index (χ3n) is 4.66. The number of amides is 1. The van der Waals surface area contributed by atoms with Gasteiger partial charge in [-0.15, -0.1) is 0 Å². The first-order chi connectivity index (χ1) is 12.9. The van der Waals surface area contributed by atoms with Crippen LogP contribution in [-0.4, -0.2) is 29.8 Å². The van der Waals surface area contributed by atoms with Gasteiger partial charge in [-0.2, -0.15) is 0 Å². The Morgan fingerprint density at radius 2 is 2.04 bits per heavy atom. The van der Waals surface area contributed by atoms with Gasteiger partial charge < -0.3 is 25.5 Å². The number of hydrogen-bond donors (Lipinski definition) is 3. The van der Waals surface area contributed by atoms with Crippen LogP contribution in [0.25, 0.3) is 10.9 Å². The molecule has 0 saturated carbocycles. The Bertz CT molecular complexity index is 979. The Hall–Kier alpha value is -3.03. The van der Waals surface area contributed by atoms with Gasteiger partial charge in [0.05, 0.1) is 12.8 Å². The van der Waals surface area contributed by atoms with Crippen LogP contribution in [0.1, 0.15) is 27.2 Å². The molecule has 27 heavy (non-hydrogen) atoms. The van der Waals surface area contributed by atoms with Crippen LogP contribution in [0.4, 0.5) is 5.69 Å². The zero-order chi connectivity index (χ0) is 19.6. The van der Waals surface area contributed by atoms with E-state index >= 15 is 0 Å². The molecule has 0 radical (unpaired) electrons. The first kappa shape index (κ1) is 18.8. The summed E-state index contributed by atoms with van der Waals surface area (Å²) in [7, 11) is 1.63. The molecule has 0 saturated heterocycles. The molecule has 1 heterocycles. The van der Waals surface area contributed by atoms with Crippen LogP contribution in [0.5, 0.6) is 5.75 Å². The number of methoxy groups -OCH3 is 1. The summed E-state index contributed by atoms with van der Waals surface area (Å²) in [5, 5.41) is 24.0. The molecule has 0 aliphatic heterocycles. The highest BCUT2D eigenvalue weighted by molar-refractivity contribution is 5.95. The number of H-pyrrole nitrogens is 1. The number of rotatable bonds is 6. The minimum absolute atomic E-state index is 0.0576. The molecule has 2 aromatic carbocycles. The number of hydrogen-bond acceptors (Lipinski definition) is 5. The Balaban J connectivity index is 1.71. The Labute approximate surface area is 157 Å². The fourth-order valence-electron chi connectivity index (χ4n) is 3.17. The summed E-state index contributed by atoms with van der Waals surface area (Å²) in [6, 6.07) is 10.5. The summed E-state index contributed by atoms with van der Waals surface area (Å²) in [6.45, 7) is 4.12. The lowest BCUT2D eigenvalue weighted by molar-refractivity contribution is 0.0954. The Morgan fingerprint density at radius 3 is 2.74 bits per heavy atom. The maximum absolute atomic E-state index is 12.4. The monoisotopic (exact) mass is 368 g/mol. The van der Waals surface area contributed by atoms with Gasteiger partial charge in [0.1, 0.15) is 5.75 Å². The number of anilines is 1. The van der Waals surface area contributed by atoms with Crippen molar-refractivity contribution in [2.45, 2.75) is 20.3 Å². The molecular weight excluding hydrogens is 346 g/mol. The van der Waals surface area contributed by atoms with Crippen molar-refractivity contribution in [3.05, 3.63) is 64.0 Å². The molecule has 3 aromatic rings. The molecular formula is C20H22N3O4-. The van der Waals surface area contributed by atoms with Crippen molar-refractivity contribution in [3.8, 4) is 5.75 Å². The first-order valence-electron chi connectivity index (χ1n) is 8.61. The van der Waals surface area contributed by atoms with E-state index < -0.39 is 0 Å². The minimum Gasteiger partial charge on any atom is -0.733 e. The molecule has 3 rings (SSSR count). The number of aromatic nitrogens is 1. The lowest BCUT2D eigenvalue weighted by atomic mass is 10.1. The second-order valence-corrected chi connectivity index (χ2v) is 6.42. The van der Waals surface area contributed by atoms with Crippen LogP contribution in [-0.2, 0) is 6.42 Å². The van der Waals surface area contributed by atoms with Gasteiger partial charge in [-0.1, -0.05) is 6.07 Å². The highest BCUT2D eigenvalue weighted by atomic mass is 16.8. The lowest BCUT2D eigenvalue weighted by Gasteiger charge is -2.24. The number of benzene rings is 2. The van der Waals surface area contributed by atoms with Crippen molar-refractivity contribution in [1.82, 2.24) is 10.3 Å². The summed E-state index contributed by atoms with van der Waals surface area (Å²) in [5.74, 6) is 0.485. The van der Waals surface area contributed by atoms with Crippen molar-refractivity contribution in [2.24, 2.45) is 0 Å². The second kappa shape index (κ2) is 7.69. The molecule has 7 heteroatoms. The zero-order valence-electron chi connectivity index (χ0n) is 15.5. The van der Waals surface area contributed by atoms with Gasteiger partial charge in [-0.05, 0) is 61.7 Å². The highest BCUT2D eigenvalue weighted by Crippen LogP contribution is 2.26. The largest absolute Gasteiger partial charge is 0.733 e. The molecule has 0 atom stereocenters. The predicted molar refractivity (Wildman–Crippen MR) is 104 cm³/mol. The van der Waals surface area contributed by atoms with E-state index in [1.54, 1.807) is 26.2 Å². The number of aromatic amines is 1. The summed E-state index contributed by atoms with van der Waals surface area (Å²) < 4.78 is 5.29. The van der Waals surface area contributed by atoms with Crippen molar-refractivity contribution in [1.29, 1.82) is 0 Å². The van der Waals surface area contributed by atoms with Crippen molar-refractivity contribution in [2.75, 3.05) is 18.9 Å². The predicted octanol–water partition coefficient (Wildman–Crippen LogP) is 3.46. The van der Waals surface area contributed by atoms with Gasteiger partial charge >= 0.3 is 0 Å². The second-order valence-electron chi connectivity index (χ2n) is 6.42. The number of carbonyl (C=O) groups excluding carboxylic acids is 1. The van der Waals surface area contributed by atoms with E-state index in [4.69, 9.17) is 9.94 Å². The van der Waals surface area contributed by atoms with E-state index in [2.05, 4.69) is 10.3 Å². The number of nitrogens with zero attached hydrogens (tertiary/aromatic N) is 1. The van der Waals surface area contributed by atoms with Gasteiger partial charge in [-0.3, -0.25) is 10.0 Å². The maximum Gasteiger partial charge on any atom is 0.251 e. The molecule has 0 bridgehead atoms. The third kappa shape index (κ3) is 3.89. The van der Waals surface area contributed by atoms with Crippen LogP contribution in [0.2, 0.25) is 0 Å². The molecule has 7 nitrogen and oxygen atoms in total. The quantitative estimate of drug-likeness (QED) is 0.579. The molecule has 0 aliphatic carbocycles. The van der Waals surface area contributed by atoms with Gasteiger partial charge in [0.25, 0.3) is 5.91 Å². The van der Waals surface area contributed by atoms with Gasteiger partial charge in [0.15, 0.2) is 0 Å². The van der Waals surface area contributed by atoms with Crippen LogP contribution in [0, 0.1) is 19.1 Å². The topological polar surface area (TPSA) is 101 Å². The van der Waals surface area contributed by atoms with Gasteiger partial charge in [0, 0.05) is 28.7 Å². The minimum atomic E-state index is -0.298. The van der Waals surface area contributed by atoms with E-state index in [1.807, 2.05) is 25.1 Å². The van der Waals surface area contributed by atoms with Gasteiger partial charge in [0.2, 0.25) is 0 Å². The molecule has 0 spiro atoms. The maximum atomic E-state index is 12.4. The van der Waals surface area contributed by atoms with E-state index in [-0.39, 0.29) is 16.8 Å². The smallest absolute Gasteiger partial charge is 0.251 e. The van der Waals surface area contributed by atoms with Crippen molar-refractivity contribution in [3.63, 3.8) is 0 Å². The number of carbonyl (C=O) groups is 1. The van der Waals surface area contributed by atoms with Crippen LogP contribution in [0.3, 0.4) is 0 Å². The van der Waals surface area contributed by atoms with E-state index in [1.165, 1.54) is 6.07 Å². The average molecular weight is 368 g/mol. The Morgan fingerprint density at radius 1 is 1.26 bits per heavy atom. The van der Waals surface area contributed by atoms with Crippen LogP contribution < -0.4 is 15.3 Å². The number of fused-ring (bicyclic) bond motifs is 1. The van der Waals surface area contributed by atoms with Crippen LogP contribution in [0.15, 0.2) is 36.4 Å². The normalized spacial score (nSPS) is 10.9. The van der Waals surface area contributed by atoms with E-state index in [9.17, 15) is 10.0 Å². The zero-order valence-corrected chi connectivity index (χ0v) is 15.5. The molecule has 0 aliphatic rings. The molecule has 1 amide bonds. The summed E-state index contributed by atoms with van der Waals surface area (Å²) in [4.78, 5) is 15.7. The standard InChI is InChI=1S/C20H22N3O4/c1-12-4-5-14(10-19(12)23(25)26)20(24)21-9-8-16-13(2)22-18-7-6-15(27-3)11-17(16)18/h4-7,10-11,22,25H,8-9H2,1-3H3,(H,21,24)/q-1. The van der Waals surface area contributed by atoms with Crippen molar-refractivity contribution >= 4 is 22.5 Å². The number of nitrogens with one attached hydrogen (secondary N) is 2. The molecule has 1 aromatic heterocycles. The molecule has 142 valence electrons. The van der Waals surface area contributed by atoms with Gasteiger partial charge in [-0.25, -0.2) is 0 Å². The van der Waals surface area contributed by atoms with Crippen LogP contribution >= 0.6 is 0 Å². The summed E-state index contributed by atoms with van der Waals surface area (Å²) >= 11 is 0. The van der Waals surface area contributed by atoms with E-state index in [0.29, 0.717) is 24.1 Å². The molecule has 0 unspecified atom stereocenters. The average Bonchev–Trinajstić information content (AvgIpc) is 2.96. The number of aryl methyl sites for hydroxylation is 2.